The lowest BCUT2D eigenvalue weighted by molar-refractivity contribution is 0.0994. The molecule has 4 nitrogen and oxygen atoms in total. The van der Waals surface area contributed by atoms with Gasteiger partial charge < -0.3 is 9.32 Å². The van der Waals surface area contributed by atoms with Crippen LogP contribution in [-0.4, -0.2) is 35.3 Å². The number of hydrogen-bond acceptors (Lipinski definition) is 4. The summed E-state index contributed by atoms with van der Waals surface area (Å²) in [5.41, 5.74) is 5.38. The third-order valence-corrected chi connectivity index (χ3v) is 7.23. The van der Waals surface area contributed by atoms with Crippen molar-refractivity contribution >= 4 is 5.78 Å². The minimum atomic E-state index is 0.266. The van der Waals surface area contributed by atoms with Gasteiger partial charge in [0.05, 0.1) is 0 Å². The number of piperidine rings is 1. The molecule has 158 valence electrons. The van der Waals surface area contributed by atoms with Gasteiger partial charge >= 0.3 is 0 Å². The van der Waals surface area contributed by atoms with Crippen molar-refractivity contribution in [2.24, 2.45) is 5.92 Å². The Kier molecular flexibility index (Phi) is 4.76. The minimum Gasteiger partial charge on any atom is -0.460 e. The molecule has 3 heterocycles. The number of ketones is 1. The standard InChI is InChI=1S/C27H28N2O2/c30-25-6-4-21-15-22(3-5-23(21)25)24-16-26(31-27(24)20-7-11-28-12-8-20)19-9-13-29(14-10-19)17-18-1-2-18/h3,5,7-8,11-12,15-16,18-19H,1-2,4,6,9-10,13-14,17H2. The van der Waals surface area contributed by atoms with Gasteiger partial charge in [-0.2, -0.15) is 0 Å². The fourth-order valence-corrected chi connectivity index (χ4v) is 5.23. The van der Waals surface area contributed by atoms with Crippen molar-refractivity contribution in [3.05, 3.63) is 65.7 Å². The van der Waals surface area contributed by atoms with Gasteiger partial charge in [-0.05, 0) is 80.4 Å². The summed E-state index contributed by atoms with van der Waals surface area (Å²) in [4.78, 5) is 18.9. The van der Waals surface area contributed by atoms with Crippen LogP contribution in [0.3, 0.4) is 0 Å². The van der Waals surface area contributed by atoms with Crippen molar-refractivity contribution in [2.45, 2.75) is 44.4 Å². The molecule has 0 radical (unpaired) electrons. The van der Waals surface area contributed by atoms with E-state index in [2.05, 4.69) is 28.1 Å². The normalized spacial score (nSPS) is 19.7. The largest absolute Gasteiger partial charge is 0.460 e. The number of carbonyl (C=O) groups is 1. The molecule has 0 atom stereocenters. The second-order valence-corrected chi connectivity index (χ2v) is 9.44. The van der Waals surface area contributed by atoms with Gasteiger partial charge in [0.25, 0.3) is 0 Å². The van der Waals surface area contributed by atoms with Crippen LogP contribution in [0.25, 0.3) is 22.5 Å². The summed E-state index contributed by atoms with van der Waals surface area (Å²) in [6.07, 6.45) is 10.3. The Labute approximate surface area is 183 Å². The van der Waals surface area contributed by atoms with Gasteiger partial charge in [-0.3, -0.25) is 9.78 Å². The monoisotopic (exact) mass is 412 g/mol. The van der Waals surface area contributed by atoms with Gasteiger partial charge in [0, 0.05) is 48.0 Å². The van der Waals surface area contributed by atoms with Crippen LogP contribution >= 0.6 is 0 Å². The second-order valence-electron chi connectivity index (χ2n) is 9.44. The van der Waals surface area contributed by atoms with Gasteiger partial charge in [-0.15, -0.1) is 0 Å². The quantitative estimate of drug-likeness (QED) is 0.537. The van der Waals surface area contributed by atoms with E-state index < -0.39 is 0 Å². The lowest BCUT2D eigenvalue weighted by Gasteiger charge is -2.31. The van der Waals surface area contributed by atoms with Crippen molar-refractivity contribution in [1.29, 1.82) is 0 Å². The molecule has 2 aliphatic carbocycles. The SMILES string of the molecule is O=C1CCc2cc(-c3cc(C4CCN(CC5CC5)CC4)oc3-c3ccncc3)ccc21. The molecule has 0 unspecified atom stereocenters. The molecule has 1 saturated heterocycles. The average molecular weight is 413 g/mol. The van der Waals surface area contributed by atoms with E-state index in [1.54, 1.807) is 0 Å². The molecule has 3 aromatic rings. The zero-order chi connectivity index (χ0) is 20.8. The van der Waals surface area contributed by atoms with Crippen molar-refractivity contribution in [1.82, 2.24) is 9.88 Å². The van der Waals surface area contributed by atoms with E-state index in [1.807, 2.05) is 30.6 Å². The van der Waals surface area contributed by atoms with Crippen LogP contribution in [0.15, 0.2) is 53.2 Å². The molecule has 3 aliphatic rings. The number of Topliss-reactive ketones (excluding diaryl/α,β-unsaturated/α-hetero) is 1. The van der Waals surface area contributed by atoms with Crippen LogP contribution in [0.2, 0.25) is 0 Å². The van der Waals surface area contributed by atoms with E-state index in [0.717, 1.165) is 59.0 Å². The number of aryl methyl sites for hydroxylation is 1. The minimum absolute atomic E-state index is 0.266. The molecule has 1 aromatic carbocycles. The maximum Gasteiger partial charge on any atom is 0.163 e. The Bertz CT molecular complexity index is 1110. The lowest BCUT2D eigenvalue weighted by atomic mass is 9.92. The van der Waals surface area contributed by atoms with E-state index in [-0.39, 0.29) is 5.78 Å². The lowest BCUT2D eigenvalue weighted by Crippen LogP contribution is -2.34. The fourth-order valence-electron chi connectivity index (χ4n) is 5.23. The maximum atomic E-state index is 12.1. The molecule has 2 fully saturated rings. The van der Waals surface area contributed by atoms with Crippen molar-refractivity contribution in [3.63, 3.8) is 0 Å². The first-order valence-electron chi connectivity index (χ1n) is 11.7. The third-order valence-electron chi connectivity index (χ3n) is 7.23. The van der Waals surface area contributed by atoms with Crippen LogP contribution in [0.4, 0.5) is 0 Å². The number of hydrogen-bond donors (Lipinski definition) is 0. The Morgan fingerprint density at radius 3 is 2.48 bits per heavy atom. The number of likely N-dealkylation sites (tertiary alicyclic amines) is 1. The van der Waals surface area contributed by atoms with Gasteiger partial charge in [0.2, 0.25) is 0 Å². The summed E-state index contributed by atoms with van der Waals surface area (Å²) < 4.78 is 6.55. The van der Waals surface area contributed by atoms with Gasteiger partial charge in [-0.1, -0.05) is 18.2 Å². The topological polar surface area (TPSA) is 46.3 Å². The highest BCUT2D eigenvalue weighted by atomic mass is 16.3. The smallest absolute Gasteiger partial charge is 0.163 e. The summed E-state index contributed by atoms with van der Waals surface area (Å²) >= 11 is 0. The van der Waals surface area contributed by atoms with E-state index in [4.69, 9.17) is 4.42 Å². The zero-order valence-electron chi connectivity index (χ0n) is 17.8. The number of aromatic nitrogens is 1. The third kappa shape index (κ3) is 3.74. The van der Waals surface area contributed by atoms with Crippen LogP contribution in [0.1, 0.15) is 59.7 Å². The average Bonchev–Trinajstić information content (AvgIpc) is 3.39. The molecule has 1 aliphatic heterocycles. The Morgan fingerprint density at radius 1 is 0.903 bits per heavy atom. The summed E-state index contributed by atoms with van der Waals surface area (Å²) in [6.45, 7) is 3.62. The first kappa shape index (κ1) is 19.0. The molecule has 0 bridgehead atoms. The highest BCUT2D eigenvalue weighted by molar-refractivity contribution is 6.01. The predicted molar refractivity (Wildman–Crippen MR) is 121 cm³/mol. The Hall–Kier alpha value is -2.72. The van der Waals surface area contributed by atoms with E-state index >= 15 is 0 Å². The number of rotatable bonds is 5. The Balaban J connectivity index is 1.33. The maximum absolute atomic E-state index is 12.1. The van der Waals surface area contributed by atoms with Gasteiger partial charge in [-0.25, -0.2) is 0 Å². The Morgan fingerprint density at radius 2 is 1.71 bits per heavy atom. The molecule has 0 N–H and O–H groups in total. The number of carbonyl (C=O) groups excluding carboxylic acids is 1. The van der Waals surface area contributed by atoms with Gasteiger partial charge in [0.1, 0.15) is 11.5 Å². The molecule has 2 aromatic heterocycles. The number of nitrogens with zero attached hydrogens (tertiary/aromatic N) is 2. The van der Waals surface area contributed by atoms with Crippen LogP contribution in [0, 0.1) is 5.92 Å². The highest BCUT2D eigenvalue weighted by Crippen LogP contribution is 2.41. The summed E-state index contributed by atoms with van der Waals surface area (Å²) in [5.74, 6) is 3.71. The molecule has 31 heavy (non-hydrogen) atoms. The molecule has 4 heteroatoms. The number of pyridine rings is 1. The summed E-state index contributed by atoms with van der Waals surface area (Å²) in [7, 11) is 0. The molecular weight excluding hydrogens is 384 g/mol. The van der Waals surface area contributed by atoms with Crippen LogP contribution in [0.5, 0.6) is 0 Å². The number of fused-ring (bicyclic) bond motifs is 1. The van der Waals surface area contributed by atoms with E-state index in [1.165, 1.54) is 38.0 Å². The van der Waals surface area contributed by atoms with E-state index in [9.17, 15) is 4.79 Å². The second kappa shape index (κ2) is 7.76. The first-order chi connectivity index (χ1) is 15.2. The molecule has 0 spiro atoms. The zero-order valence-corrected chi connectivity index (χ0v) is 17.8. The first-order valence-corrected chi connectivity index (χ1v) is 11.7. The predicted octanol–water partition coefficient (Wildman–Crippen LogP) is 5.73. The summed E-state index contributed by atoms with van der Waals surface area (Å²) in [5, 5.41) is 0. The molecule has 1 saturated carbocycles. The van der Waals surface area contributed by atoms with Crippen molar-refractivity contribution < 1.29 is 9.21 Å². The highest BCUT2D eigenvalue weighted by Gasteiger charge is 2.30. The number of benzene rings is 1. The molecular formula is C27H28N2O2. The van der Waals surface area contributed by atoms with Crippen LogP contribution in [-0.2, 0) is 6.42 Å². The molecule has 6 rings (SSSR count). The fraction of sp³-hybridized carbons (Fsp3) is 0.407. The van der Waals surface area contributed by atoms with Gasteiger partial charge in [0.15, 0.2) is 5.78 Å². The summed E-state index contributed by atoms with van der Waals surface area (Å²) in [6, 6.07) is 12.6. The van der Waals surface area contributed by atoms with Crippen molar-refractivity contribution in [3.8, 4) is 22.5 Å². The van der Waals surface area contributed by atoms with Crippen molar-refractivity contribution in [2.75, 3.05) is 19.6 Å². The van der Waals surface area contributed by atoms with E-state index in [0.29, 0.717) is 12.3 Å². The molecule has 0 amide bonds. The van der Waals surface area contributed by atoms with Crippen LogP contribution < -0.4 is 0 Å². The number of furan rings is 1.